The van der Waals surface area contributed by atoms with Crippen LogP contribution in [0.2, 0.25) is 5.02 Å². The van der Waals surface area contributed by atoms with Crippen molar-refractivity contribution < 1.29 is 14.0 Å². The average Bonchev–Trinajstić information content (AvgIpc) is 3.46. The number of hydrogen-bond acceptors (Lipinski definition) is 4. The number of aromatic nitrogens is 2. The maximum Gasteiger partial charge on any atom is 0.319 e. The average molecular weight is 436 g/mol. The second-order valence-corrected chi connectivity index (χ2v) is 6.97. The molecule has 0 unspecified atom stereocenters. The molecule has 2 heterocycles. The molecule has 0 radical (unpaired) electrons. The molecule has 0 aliphatic heterocycles. The molecule has 2 aromatic carbocycles. The Labute approximate surface area is 182 Å². The van der Waals surface area contributed by atoms with Gasteiger partial charge in [-0.1, -0.05) is 35.9 Å². The van der Waals surface area contributed by atoms with Crippen LogP contribution in [0.3, 0.4) is 0 Å². The van der Waals surface area contributed by atoms with Gasteiger partial charge in [-0.05, 0) is 42.0 Å². The molecule has 0 fully saturated rings. The number of hydrogen-bond donors (Lipinski definition) is 3. The van der Waals surface area contributed by atoms with Gasteiger partial charge < -0.3 is 20.4 Å². The number of amides is 3. The Hall–Kier alpha value is -4.04. The molecular formula is C22H18ClN5O3. The molecule has 4 aromatic rings. The minimum absolute atomic E-state index is 0.236. The number of carbonyl (C=O) groups excluding carboxylic acids is 2. The van der Waals surface area contributed by atoms with Crippen molar-refractivity contribution >= 4 is 34.9 Å². The summed E-state index contributed by atoms with van der Waals surface area (Å²) in [5, 5.41) is 13.0. The monoisotopic (exact) mass is 435 g/mol. The summed E-state index contributed by atoms with van der Waals surface area (Å²) in [7, 11) is 0. The highest BCUT2D eigenvalue weighted by Crippen LogP contribution is 2.20. The summed E-state index contributed by atoms with van der Waals surface area (Å²) in [6.45, 7) is 0.316. The fourth-order valence-electron chi connectivity index (χ4n) is 2.82. The highest BCUT2D eigenvalue weighted by atomic mass is 35.5. The van der Waals surface area contributed by atoms with E-state index >= 15 is 0 Å². The summed E-state index contributed by atoms with van der Waals surface area (Å²) in [4.78, 5) is 24.2. The lowest BCUT2D eigenvalue weighted by atomic mass is 10.2. The second-order valence-electron chi connectivity index (χ2n) is 6.56. The van der Waals surface area contributed by atoms with Crippen molar-refractivity contribution in [3.05, 3.63) is 95.7 Å². The van der Waals surface area contributed by atoms with Crippen LogP contribution >= 0.6 is 11.6 Å². The standard InChI is InChI=1S/C22H18ClN5O3/c23-18-4-1-2-5-19(18)28-14-17(13-25-28)27-22(30)24-12-15-7-9-16(10-8-15)26-21(29)20-6-3-11-31-20/h1-11,13-14H,12H2,(H,26,29)(H2,24,27,30). The first kappa shape index (κ1) is 20.2. The Bertz CT molecular complexity index is 1190. The number of halogens is 1. The first-order chi connectivity index (χ1) is 15.1. The van der Waals surface area contributed by atoms with E-state index in [1.807, 2.05) is 30.3 Å². The van der Waals surface area contributed by atoms with Gasteiger partial charge in [0.2, 0.25) is 0 Å². The molecule has 3 N–H and O–H groups in total. The fraction of sp³-hybridized carbons (Fsp3) is 0.0455. The van der Waals surface area contributed by atoms with Gasteiger partial charge in [-0.2, -0.15) is 5.10 Å². The van der Waals surface area contributed by atoms with Gasteiger partial charge in [-0.25, -0.2) is 9.48 Å². The number of nitrogens with one attached hydrogen (secondary N) is 3. The molecule has 2 aromatic heterocycles. The minimum atomic E-state index is -0.367. The zero-order valence-corrected chi connectivity index (χ0v) is 17.0. The summed E-state index contributed by atoms with van der Waals surface area (Å²) in [5.41, 5.74) is 2.75. The van der Waals surface area contributed by atoms with Gasteiger partial charge in [-0.15, -0.1) is 0 Å². The van der Waals surface area contributed by atoms with Crippen molar-refractivity contribution in [2.45, 2.75) is 6.54 Å². The van der Waals surface area contributed by atoms with E-state index in [0.29, 0.717) is 22.9 Å². The van der Waals surface area contributed by atoms with E-state index in [0.717, 1.165) is 11.3 Å². The minimum Gasteiger partial charge on any atom is -0.459 e. The van der Waals surface area contributed by atoms with Gasteiger partial charge >= 0.3 is 6.03 Å². The predicted molar refractivity (Wildman–Crippen MR) is 118 cm³/mol. The molecule has 9 heteroatoms. The fourth-order valence-corrected chi connectivity index (χ4v) is 3.04. The Morgan fingerprint density at radius 2 is 1.77 bits per heavy atom. The van der Waals surface area contributed by atoms with E-state index in [1.54, 1.807) is 47.4 Å². The molecule has 8 nitrogen and oxygen atoms in total. The summed E-state index contributed by atoms with van der Waals surface area (Å²) in [6, 6.07) is 17.3. The Morgan fingerprint density at radius 1 is 0.968 bits per heavy atom. The van der Waals surface area contributed by atoms with Gasteiger partial charge in [0.05, 0.1) is 35.1 Å². The largest absolute Gasteiger partial charge is 0.459 e. The molecule has 3 amide bonds. The number of furan rings is 1. The Morgan fingerprint density at radius 3 is 2.52 bits per heavy atom. The number of urea groups is 1. The molecule has 0 atom stereocenters. The third kappa shape index (κ3) is 5.12. The smallest absolute Gasteiger partial charge is 0.319 e. The van der Waals surface area contributed by atoms with E-state index in [-0.39, 0.29) is 17.7 Å². The maximum atomic E-state index is 12.2. The highest BCUT2D eigenvalue weighted by molar-refractivity contribution is 6.32. The van der Waals surface area contributed by atoms with Gasteiger partial charge in [0, 0.05) is 12.2 Å². The van der Waals surface area contributed by atoms with Crippen LogP contribution in [0.25, 0.3) is 5.69 Å². The van der Waals surface area contributed by atoms with Gasteiger partial charge in [-0.3, -0.25) is 4.79 Å². The van der Waals surface area contributed by atoms with E-state index in [2.05, 4.69) is 21.0 Å². The van der Waals surface area contributed by atoms with Crippen molar-refractivity contribution in [3.8, 4) is 5.69 Å². The predicted octanol–water partition coefficient (Wildman–Crippen LogP) is 4.69. The number of benzene rings is 2. The van der Waals surface area contributed by atoms with Crippen molar-refractivity contribution in [3.63, 3.8) is 0 Å². The molecule has 0 aliphatic carbocycles. The molecular weight excluding hydrogens is 418 g/mol. The van der Waals surface area contributed by atoms with Crippen molar-refractivity contribution in [1.29, 1.82) is 0 Å². The zero-order valence-electron chi connectivity index (χ0n) is 16.2. The normalized spacial score (nSPS) is 10.5. The molecule has 156 valence electrons. The highest BCUT2D eigenvalue weighted by Gasteiger charge is 2.09. The quantitative estimate of drug-likeness (QED) is 0.409. The number of anilines is 2. The molecule has 0 spiro atoms. The van der Waals surface area contributed by atoms with Crippen LogP contribution in [0.4, 0.5) is 16.2 Å². The van der Waals surface area contributed by atoms with E-state index in [1.165, 1.54) is 6.26 Å². The number of para-hydroxylation sites is 1. The number of rotatable bonds is 6. The first-order valence-electron chi connectivity index (χ1n) is 9.37. The van der Waals surface area contributed by atoms with Crippen LogP contribution in [0.15, 0.2) is 83.7 Å². The third-order valence-corrected chi connectivity index (χ3v) is 4.67. The van der Waals surface area contributed by atoms with Crippen LogP contribution in [-0.4, -0.2) is 21.7 Å². The molecule has 0 saturated heterocycles. The lowest BCUT2D eigenvalue weighted by Crippen LogP contribution is -2.28. The SMILES string of the molecule is O=C(NCc1ccc(NC(=O)c2ccco2)cc1)Nc1cnn(-c2ccccc2Cl)c1. The summed E-state index contributed by atoms with van der Waals surface area (Å²) < 4.78 is 6.65. The van der Waals surface area contributed by atoms with Gasteiger partial charge in [0.1, 0.15) is 0 Å². The van der Waals surface area contributed by atoms with Crippen molar-refractivity contribution in [1.82, 2.24) is 15.1 Å². The van der Waals surface area contributed by atoms with Gasteiger partial charge in [0.15, 0.2) is 5.76 Å². The van der Waals surface area contributed by atoms with Crippen LogP contribution in [0.1, 0.15) is 16.1 Å². The number of carbonyl (C=O) groups is 2. The lowest BCUT2D eigenvalue weighted by Gasteiger charge is -2.08. The zero-order chi connectivity index (χ0) is 21.6. The van der Waals surface area contributed by atoms with E-state index < -0.39 is 0 Å². The molecule has 4 rings (SSSR count). The van der Waals surface area contributed by atoms with Crippen molar-refractivity contribution in [2.24, 2.45) is 0 Å². The molecule has 31 heavy (non-hydrogen) atoms. The summed E-state index contributed by atoms with van der Waals surface area (Å²) in [6.07, 6.45) is 4.66. The third-order valence-electron chi connectivity index (χ3n) is 4.35. The number of nitrogens with zero attached hydrogens (tertiary/aromatic N) is 2. The topological polar surface area (TPSA) is 101 Å². The van der Waals surface area contributed by atoms with Crippen LogP contribution in [0.5, 0.6) is 0 Å². The first-order valence-corrected chi connectivity index (χ1v) is 9.74. The second kappa shape index (κ2) is 9.19. The molecule has 0 bridgehead atoms. The molecule has 0 aliphatic rings. The van der Waals surface area contributed by atoms with Crippen LogP contribution in [-0.2, 0) is 6.54 Å². The maximum absolute atomic E-state index is 12.2. The van der Waals surface area contributed by atoms with E-state index in [9.17, 15) is 9.59 Å². The summed E-state index contributed by atoms with van der Waals surface area (Å²) >= 11 is 6.17. The van der Waals surface area contributed by atoms with Crippen LogP contribution in [0, 0.1) is 0 Å². The van der Waals surface area contributed by atoms with E-state index in [4.69, 9.17) is 16.0 Å². The van der Waals surface area contributed by atoms with Crippen LogP contribution < -0.4 is 16.0 Å². The Balaban J connectivity index is 1.28. The van der Waals surface area contributed by atoms with Crippen molar-refractivity contribution in [2.75, 3.05) is 10.6 Å². The van der Waals surface area contributed by atoms with Gasteiger partial charge in [0.25, 0.3) is 5.91 Å². The summed E-state index contributed by atoms with van der Waals surface area (Å²) in [5.74, 6) is -0.0899. The lowest BCUT2D eigenvalue weighted by molar-refractivity contribution is 0.0996. The molecule has 0 saturated carbocycles. The Kier molecular flexibility index (Phi) is 6.00.